The number of sulfonamides is 1. The largest absolute Gasteiger partial charge is 0.573 e. The molecular formula is C20H15F3N2O6S2. The van der Waals surface area contributed by atoms with Crippen LogP contribution in [0.1, 0.15) is 25.6 Å². The van der Waals surface area contributed by atoms with Gasteiger partial charge in [-0.1, -0.05) is 12.1 Å². The average Bonchev–Trinajstić information content (AvgIpc) is 3.11. The van der Waals surface area contributed by atoms with Crippen molar-refractivity contribution in [1.29, 1.82) is 0 Å². The SMILES string of the molecule is Cc1c(S(=O)(=O)Nc2ccc(OC(F)(F)F)cc2)csc1C(=O)Nc1ccccc1C(=O)O. The van der Waals surface area contributed by atoms with Crippen LogP contribution in [0.4, 0.5) is 24.5 Å². The molecular weight excluding hydrogens is 485 g/mol. The van der Waals surface area contributed by atoms with Gasteiger partial charge in [0, 0.05) is 11.1 Å². The van der Waals surface area contributed by atoms with E-state index in [2.05, 4.69) is 14.8 Å². The number of anilines is 2. The van der Waals surface area contributed by atoms with Gasteiger partial charge in [-0.05, 0) is 48.9 Å². The van der Waals surface area contributed by atoms with E-state index in [1.165, 1.54) is 36.6 Å². The second-order valence-electron chi connectivity index (χ2n) is 6.54. The molecule has 33 heavy (non-hydrogen) atoms. The van der Waals surface area contributed by atoms with Crippen molar-refractivity contribution in [2.24, 2.45) is 0 Å². The van der Waals surface area contributed by atoms with Crippen molar-refractivity contribution in [3.63, 3.8) is 0 Å². The highest BCUT2D eigenvalue weighted by atomic mass is 32.2. The molecule has 1 amide bonds. The molecule has 0 unspecified atom stereocenters. The fourth-order valence-electron chi connectivity index (χ4n) is 2.78. The Labute approximate surface area is 189 Å². The van der Waals surface area contributed by atoms with Crippen LogP contribution < -0.4 is 14.8 Å². The standard InChI is InChI=1S/C20H15F3N2O6S2/c1-11-16(33(29,30)25-12-6-8-13(9-7-12)31-20(21,22)23)10-32-17(11)18(26)24-15-5-3-2-4-14(15)19(27)28/h2-10,25H,1H3,(H,24,26)(H,27,28). The van der Waals surface area contributed by atoms with Gasteiger partial charge in [0.1, 0.15) is 10.6 Å². The van der Waals surface area contributed by atoms with Crippen LogP contribution in [0.5, 0.6) is 5.75 Å². The molecule has 0 spiro atoms. The fourth-order valence-corrected chi connectivity index (χ4v) is 5.41. The zero-order valence-electron chi connectivity index (χ0n) is 16.6. The molecule has 0 aliphatic carbocycles. The second-order valence-corrected chi connectivity index (χ2v) is 9.07. The van der Waals surface area contributed by atoms with Gasteiger partial charge in [-0.3, -0.25) is 9.52 Å². The quantitative estimate of drug-likeness (QED) is 0.432. The Kier molecular flexibility index (Phi) is 6.65. The molecule has 0 aliphatic rings. The maximum absolute atomic E-state index is 12.7. The lowest BCUT2D eigenvalue weighted by molar-refractivity contribution is -0.274. The number of hydrogen-bond donors (Lipinski definition) is 3. The monoisotopic (exact) mass is 500 g/mol. The highest BCUT2D eigenvalue weighted by Crippen LogP contribution is 2.30. The number of para-hydroxylation sites is 1. The molecule has 0 saturated carbocycles. The summed E-state index contributed by atoms with van der Waals surface area (Å²) in [6.45, 7) is 1.41. The Morgan fingerprint density at radius 3 is 2.30 bits per heavy atom. The lowest BCUT2D eigenvalue weighted by Gasteiger charge is -2.11. The van der Waals surface area contributed by atoms with Gasteiger partial charge in [0.2, 0.25) is 0 Å². The zero-order valence-corrected chi connectivity index (χ0v) is 18.3. The number of carbonyl (C=O) groups excluding carboxylic acids is 1. The molecule has 0 atom stereocenters. The Hall–Kier alpha value is -3.58. The number of aromatic carboxylic acids is 1. The number of nitrogens with one attached hydrogen (secondary N) is 2. The number of amides is 1. The van der Waals surface area contributed by atoms with E-state index in [-0.39, 0.29) is 32.3 Å². The summed E-state index contributed by atoms with van der Waals surface area (Å²) in [4.78, 5) is 23.8. The van der Waals surface area contributed by atoms with Crippen molar-refractivity contribution in [2.45, 2.75) is 18.2 Å². The van der Waals surface area contributed by atoms with E-state index in [0.29, 0.717) is 0 Å². The van der Waals surface area contributed by atoms with Crippen molar-refractivity contribution >= 4 is 44.6 Å². The predicted molar refractivity (Wildman–Crippen MR) is 114 cm³/mol. The van der Waals surface area contributed by atoms with Gasteiger partial charge in [0.05, 0.1) is 16.1 Å². The normalized spacial score (nSPS) is 11.6. The summed E-state index contributed by atoms with van der Waals surface area (Å²) < 4.78 is 68.2. The van der Waals surface area contributed by atoms with Crippen LogP contribution in [-0.2, 0) is 10.0 Å². The summed E-state index contributed by atoms with van der Waals surface area (Å²) in [5.74, 6) is -2.45. The molecule has 8 nitrogen and oxygen atoms in total. The van der Waals surface area contributed by atoms with Gasteiger partial charge in [0.15, 0.2) is 0 Å². The minimum Gasteiger partial charge on any atom is -0.478 e. The molecule has 0 fully saturated rings. The van der Waals surface area contributed by atoms with E-state index in [1.807, 2.05) is 0 Å². The Morgan fingerprint density at radius 1 is 1.06 bits per heavy atom. The van der Waals surface area contributed by atoms with Crippen LogP contribution in [0.2, 0.25) is 0 Å². The first-order chi connectivity index (χ1) is 15.4. The Balaban J connectivity index is 1.79. The number of ether oxygens (including phenoxy) is 1. The second kappa shape index (κ2) is 9.11. The highest BCUT2D eigenvalue weighted by molar-refractivity contribution is 7.93. The maximum atomic E-state index is 12.7. The minimum atomic E-state index is -4.88. The number of rotatable bonds is 7. The van der Waals surface area contributed by atoms with Gasteiger partial charge in [-0.2, -0.15) is 0 Å². The highest BCUT2D eigenvalue weighted by Gasteiger charge is 2.31. The Morgan fingerprint density at radius 2 is 1.70 bits per heavy atom. The maximum Gasteiger partial charge on any atom is 0.573 e. The van der Waals surface area contributed by atoms with Crippen LogP contribution in [0.3, 0.4) is 0 Å². The van der Waals surface area contributed by atoms with Gasteiger partial charge >= 0.3 is 12.3 Å². The molecule has 3 rings (SSSR count). The number of thiophene rings is 1. The lowest BCUT2D eigenvalue weighted by atomic mass is 10.1. The molecule has 0 bridgehead atoms. The fraction of sp³-hybridized carbons (Fsp3) is 0.100. The third-order valence-corrected chi connectivity index (χ3v) is 6.97. The lowest BCUT2D eigenvalue weighted by Crippen LogP contribution is -2.17. The molecule has 0 radical (unpaired) electrons. The molecule has 13 heteroatoms. The molecule has 3 N–H and O–H groups in total. The molecule has 1 heterocycles. The van der Waals surface area contributed by atoms with Crippen molar-refractivity contribution < 1.29 is 41.0 Å². The topological polar surface area (TPSA) is 122 Å². The number of carbonyl (C=O) groups is 2. The van der Waals surface area contributed by atoms with Crippen LogP contribution >= 0.6 is 11.3 Å². The van der Waals surface area contributed by atoms with Gasteiger partial charge < -0.3 is 15.2 Å². The summed E-state index contributed by atoms with van der Waals surface area (Å²) in [6, 6.07) is 9.82. The number of alkyl halides is 3. The van der Waals surface area contributed by atoms with Crippen molar-refractivity contribution in [3.8, 4) is 5.75 Å². The predicted octanol–water partition coefficient (Wildman–Crippen LogP) is 4.71. The first-order valence-corrected chi connectivity index (χ1v) is 11.3. The summed E-state index contributed by atoms with van der Waals surface area (Å²) in [7, 11) is -4.18. The van der Waals surface area contributed by atoms with E-state index in [4.69, 9.17) is 0 Å². The van der Waals surface area contributed by atoms with Crippen LogP contribution in [0.25, 0.3) is 0 Å². The van der Waals surface area contributed by atoms with Gasteiger partial charge in [0.25, 0.3) is 15.9 Å². The van der Waals surface area contributed by atoms with Crippen molar-refractivity contribution in [2.75, 3.05) is 10.0 Å². The molecule has 0 saturated heterocycles. The number of hydrogen-bond acceptors (Lipinski definition) is 6. The van der Waals surface area contributed by atoms with E-state index in [0.717, 1.165) is 35.6 Å². The number of halogens is 3. The van der Waals surface area contributed by atoms with Gasteiger partial charge in [-0.15, -0.1) is 24.5 Å². The summed E-state index contributed by atoms with van der Waals surface area (Å²) in [5.41, 5.74) is 0.0189. The third-order valence-electron chi connectivity index (χ3n) is 4.24. The van der Waals surface area contributed by atoms with Crippen LogP contribution in [-0.4, -0.2) is 31.8 Å². The summed E-state index contributed by atoms with van der Waals surface area (Å²) in [5, 5.41) is 12.9. The first-order valence-electron chi connectivity index (χ1n) is 8.98. The smallest absolute Gasteiger partial charge is 0.478 e. The molecule has 2 aromatic carbocycles. The molecule has 1 aromatic heterocycles. The van der Waals surface area contributed by atoms with Crippen LogP contribution in [0.15, 0.2) is 58.8 Å². The third kappa shape index (κ3) is 5.81. The van der Waals surface area contributed by atoms with Gasteiger partial charge in [-0.25, -0.2) is 13.2 Å². The van der Waals surface area contributed by atoms with Crippen LogP contribution in [0, 0.1) is 6.92 Å². The number of carboxylic acids is 1. The van der Waals surface area contributed by atoms with E-state index in [1.54, 1.807) is 0 Å². The number of benzene rings is 2. The number of carboxylic acid groups (broad SMARTS) is 1. The van der Waals surface area contributed by atoms with Crippen molar-refractivity contribution in [3.05, 3.63) is 69.9 Å². The molecule has 3 aromatic rings. The average molecular weight is 500 g/mol. The van der Waals surface area contributed by atoms with E-state index < -0.39 is 34.0 Å². The summed E-state index contributed by atoms with van der Waals surface area (Å²) in [6.07, 6.45) is -4.88. The van der Waals surface area contributed by atoms with E-state index >= 15 is 0 Å². The minimum absolute atomic E-state index is 0.0171. The zero-order chi connectivity index (χ0) is 24.4. The van der Waals surface area contributed by atoms with Crippen molar-refractivity contribution in [1.82, 2.24) is 0 Å². The van der Waals surface area contributed by atoms with E-state index in [9.17, 15) is 36.3 Å². The molecule has 174 valence electrons. The summed E-state index contributed by atoms with van der Waals surface area (Å²) >= 11 is 0.840. The molecule has 0 aliphatic heterocycles. The first kappa shape index (κ1) is 24.1. The Bertz CT molecular complexity index is 1300.